The Morgan fingerprint density at radius 1 is 0.884 bits per heavy atom. The largest absolute Gasteiger partial charge is 0.493 e. The van der Waals surface area contributed by atoms with E-state index in [9.17, 15) is 31.4 Å². The highest BCUT2D eigenvalue weighted by molar-refractivity contribution is 7.15. The van der Waals surface area contributed by atoms with Crippen molar-refractivity contribution in [1.29, 1.82) is 0 Å². The molecule has 0 aliphatic carbocycles. The molecular weight excluding hydrogens is 598 g/mol. The summed E-state index contributed by atoms with van der Waals surface area (Å²) in [7, 11) is 1.36. The Bertz CT molecular complexity index is 1550. The molecule has 0 amide bonds. The maximum absolute atomic E-state index is 13.5. The second kappa shape index (κ2) is 12.2. The summed E-state index contributed by atoms with van der Waals surface area (Å²) >= 11 is 1.36. The number of hydrogen-bond donors (Lipinski definition) is 1. The first-order valence-corrected chi connectivity index (χ1v) is 13.9. The van der Waals surface area contributed by atoms with Crippen LogP contribution in [0.2, 0.25) is 0 Å². The minimum absolute atomic E-state index is 0.0786. The highest BCUT2D eigenvalue weighted by Crippen LogP contribution is 2.39. The second-order valence-corrected chi connectivity index (χ2v) is 10.8. The molecule has 1 N–H and O–H groups in total. The topological polar surface area (TPSA) is 71.0 Å². The number of pyridine rings is 1. The normalized spacial score (nSPS) is 14.2. The lowest BCUT2D eigenvalue weighted by molar-refractivity contribution is -0.143. The predicted octanol–water partition coefficient (Wildman–Crippen LogP) is 6.79. The van der Waals surface area contributed by atoms with Crippen molar-refractivity contribution in [2.24, 2.45) is 0 Å². The standard InChI is InChI=1S/C29H26F6N4O3S/c1-41-23-14-18(5-8-22(23)42-17-19-6-7-20(28(30,31)32)16-21(19)29(33,34)35)15-24-26(40)37-27(43-24)39-12-10-38(11-13-39)25-4-2-3-9-36-25/h2-9,14,16,40H,10-13,15,17H2,1H3. The zero-order valence-electron chi connectivity index (χ0n) is 22.7. The van der Waals surface area contributed by atoms with Gasteiger partial charge in [-0.25, -0.2) is 4.98 Å². The molecular formula is C29H26F6N4O3S. The van der Waals surface area contributed by atoms with E-state index in [-0.39, 0.29) is 23.4 Å². The Balaban J connectivity index is 1.25. The van der Waals surface area contributed by atoms with Gasteiger partial charge in [0.1, 0.15) is 12.4 Å². The van der Waals surface area contributed by atoms with Gasteiger partial charge in [-0.05, 0) is 42.0 Å². The van der Waals surface area contributed by atoms with Crippen LogP contribution in [0.1, 0.15) is 27.1 Å². The van der Waals surface area contributed by atoms with E-state index in [2.05, 4.69) is 19.8 Å². The number of ether oxygens (including phenoxy) is 2. The first-order chi connectivity index (χ1) is 20.4. The summed E-state index contributed by atoms with van der Waals surface area (Å²) in [5.74, 6) is 1.15. The minimum atomic E-state index is -5.00. The van der Waals surface area contributed by atoms with Crippen molar-refractivity contribution < 1.29 is 40.9 Å². The number of aromatic nitrogens is 2. The van der Waals surface area contributed by atoms with Crippen LogP contribution >= 0.6 is 11.3 Å². The highest BCUT2D eigenvalue weighted by atomic mass is 32.1. The van der Waals surface area contributed by atoms with Gasteiger partial charge in [0.15, 0.2) is 16.6 Å². The van der Waals surface area contributed by atoms with E-state index in [1.54, 1.807) is 18.3 Å². The molecule has 5 rings (SSSR count). The number of halogens is 6. The summed E-state index contributed by atoms with van der Waals surface area (Å²) in [5, 5.41) is 11.2. The van der Waals surface area contributed by atoms with E-state index < -0.39 is 35.6 Å². The van der Waals surface area contributed by atoms with E-state index in [4.69, 9.17) is 9.47 Å². The number of piperazine rings is 1. The quantitative estimate of drug-likeness (QED) is 0.217. The number of methoxy groups -OCH3 is 1. The van der Waals surface area contributed by atoms with Crippen LogP contribution < -0.4 is 19.3 Å². The van der Waals surface area contributed by atoms with Crippen LogP contribution in [0.25, 0.3) is 0 Å². The zero-order chi connectivity index (χ0) is 30.8. The Hall–Kier alpha value is -4.20. The Labute approximate surface area is 246 Å². The summed E-state index contributed by atoms with van der Waals surface area (Å²) in [6.07, 6.45) is -7.86. The number of nitrogens with zero attached hydrogens (tertiary/aromatic N) is 4. The van der Waals surface area contributed by atoms with Gasteiger partial charge < -0.3 is 24.4 Å². The summed E-state index contributed by atoms with van der Waals surface area (Å²) in [5.41, 5.74) is -2.55. The van der Waals surface area contributed by atoms with E-state index >= 15 is 0 Å². The maximum Gasteiger partial charge on any atom is 0.416 e. The fraction of sp³-hybridized carbons (Fsp3) is 0.310. The predicted molar refractivity (Wildman–Crippen MR) is 149 cm³/mol. The number of rotatable bonds is 8. The van der Waals surface area contributed by atoms with E-state index in [1.165, 1.54) is 24.5 Å². The molecule has 0 spiro atoms. The number of aromatic hydroxyl groups is 1. The van der Waals surface area contributed by atoms with Crippen molar-refractivity contribution in [3.8, 4) is 17.4 Å². The lowest BCUT2D eigenvalue weighted by Gasteiger charge is -2.35. The van der Waals surface area contributed by atoms with Crippen LogP contribution in [0.5, 0.6) is 17.4 Å². The van der Waals surface area contributed by atoms with E-state index in [1.807, 2.05) is 18.2 Å². The molecule has 0 radical (unpaired) electrons. The van der Waals surface area contributed by atoms with Crippen LogP contribution in [0, 0.1) is 0 Å². The second-order valence-electron chi connectivity index (χ2n) is 9.72. The average molecular weight is 625 g/mol. The lowest BCUT2D eigenvalue weighted by atomic mass is 10.0. The number of anilines is 2. The molecule has 1 fully saturated rings. The number of benzene rings is 2. The molecule has 0 bridgehead atoms. The van der Waals surface area contributed by atoms with Crippen molar-refractivity contribution in [1.82, 2.24) is 9.97 Å². The lowest BCUT2D eigenvalue weighted by Crippen LogP contribution is -2.46. The molecule has 228 valence electrons. The molecule has 0 unspecified atom stereocenters. The molecule has 4 aromatic rings. The first kappa shape index (κ1) is 30.3. The SMILES string of the molecule is COc1cc(Cc2sc(N3CCN(c4ccccn4)CC3)nc2O)ccc1OCc1ccc(C(F)(F)F)cc1C(F)(F)F. The molecule has 1 aliphatic rings. The summed E-state index contributed by atoms with van der Waals surface area (Å²) < 4.78 is 90.4. The molecule has 43 heavy (non-hydrogen) atoms. The van der Waals surface area contributed by atoms with Crippen molar-refractivity contribution in [2.75, 3.05) is 43.1 Å². The molecule has 1 aliphatic heterocycles. The van der Waals surface area contributed by atoms with Gasteiger partial charge in [-0.15, -0.1) is 0 Å². The number of hydrogen-bond acceptors (Lipinski definition) is 8. The fourth-order valence-electron chi connectivity index (χ4n) is 4.67. The molecule has 0 saturated carbocycles. The van der Waals surface area contributed by atoms with Crippen LogP contribution in [0.3, 0.4) is 0 Å². The van der Waals surface area contributed by atoms with E-state index in [0.29, 0.717) is 35.6 Å². The number of thiazole rings is 1. The third kappa shape index (κ3) is 7.07. The molecule has 1 saturated heterocycles. The van der Waals surface area contributed by atoms with Gasteiger partial charge in [0.25, 0.3) is 0 Å². The van der Waals surface area contributed by atoms with Crippen molar-refractivity contribution in [3.05, 3.63) is 87.9 Å². The van der Waals surface area contributed by atoms with Gasteiger partial charge >= 0.3 is 12.4 Å². The van der Waals surface area contributed by atoms with Gasteiger partial charge in [-0.3, -0.25) is 0 Å². The fourth-order valence-corrected chi connectivity index (χ4v) is 5.71. The van der Waals surface area contributed by atoms with Gasteiger partial charge in [0.2, 0.25) is 5.88 Å². The molecule has 3 heterocycles. The van der Waals surface area contributed by atoms with Crippen LogP contribution in [0.15, 0.2) is 60.8 Å². The Morgan fingerprint density at radius 3 is 2.28 bits per heavy atom. The number of alkyl halides is 6. The molecule has 0 atom stereocenters. The smallest absolute Gasteiger partial charge is 0.416 e. The van der Waals surface area contributed by atoms with Crippen molar-refractivity contribution in [3.63, 3.8) is 0 Å². The summed E-state index contributed by atoms with van der Waals surface area (Å²) in [6.45, 7) is 2.29. The molecule has 2 aromatic heterocycles. The van der Waals surface area contributed by atoms with E-state index in [0.717, 1.165) is 30.5 Å². The average Bonchev–Trinajstić information content (AvgIpc) is 3.35. The zero-order valence-corrected chi connectivity index (χ0v) is 23.6. The van der Waals surface area contributed by atoms with Crippen LogP contribution in [0.4, 0.5) is 37.3 Å². The van der Waals surface area contributed by atoms with Crippen molar-refractivity contribution in [2.45, 2.75) is 25.4 Å². The monoisotopic (exact) mass is 624 g/mol. The summed E-state index contributed by atoms with van der Waals surface area (Å²) in [4.78, 5) is 13.6. The Morgan fingerprint density at radius 2 is 1.63 bits per heavy atom. The Kier molecular flexibility index (Phi) is 8.58. The van der Waals surface area contributed by atoms with Crippen LogP contribution in [-0.2, 0) is 25.4 Å². The third-order valence-electron chi connectivity index (χ3n) is 6.91. The highest BCUT2D eigenvalue weighted by Gasteiger charge is 2.38. The van der Waals surface area contributed by atoms with Gasteiger partial charge in [0.05, 0.1) is 23.1 Å². The van der Waals surface area contributed by atoms with Gasteiger partial charge in [-0.1, -0.05) is 29.5 Å². The third-order valence-corrected chi connectivity index (χ3v) is 8.01. The maximum atomic E-state index is 13.5. The molecule has 7 nitrogen and oxygen atoms in total. The van der Waals surface area contributed by atoms with Crippen molar-refractivity contribution >= 4 is 22.3 Å². The van der Waals surface area contributed by atoms with Crippen LogP contribution in [-0.4, -0.2) is 48.4 Å². The molecule has 2 aromatic carbocycles. The first-order valence-electron chi connectivity index (χ1n) is 13.1. The summed E-state index contributed by atoms with van der Waals surface area (Å²) in [6, 6.07) is 12.0. The minimum Gasteiger partial charge on any atom is -0.493 e. The van der Waals surface area contributed by atoms with Gasteiger partial charge in [0, 0.05) is 44.4 Å². The van der Waals surface area contributed by atoms with Gasteiger partial charge in [-0.2, -0.15) is 31.3 Å². The molecule has 14 heteroatoms.